The second kappa shape index (κ2) is 6.35. The smallest absolute Gasteiger partial charge is 0.352 e. The summed E-state index contributed by atoms with van der Waals surface area (Å²) in [7, 11) is 0. The van der Waals surface area contributed by atoms with E-state index in [0.29, 0.717) is 10.9 Å². The highest BCUT2D eigenvalue weighted by Gasteiger charge is 2.21. The van der Waals surface area contributed by atoms with Crippen molar-refractivity contribution in [3.8, 4) is 11.1 Å². The number of nitrogens with one attached hydrogen (secondary N) is 1. The van der Waals surface area contributed by atoms with Crippen LogP contribution in [0.4, 0.5) is 8.78 Å². The maximum atomic E-state index is 14.9. The normalized spacial score (nSPS) is 11.0. The molecule has 3 N–H and O–H groups in total. The standard InChI is InChI=1S/C18H13F2NO4/c19-10-3-1-9(2-4-10)11-5-6-12-13(7-8-14(22)23)17(18(24)25)21-16(12)15(11)20/h1-6,21H,7-8H2,(H,22,23)(H,24,25). The number of carboxylic acid groups (broad SMARTS) is 2. The molecule has 3 rings (SSSR count). The van der Waals surface area contributed by atoms with E-state index in [2.05, 4.69) is 4.98 Å². The lowest BCUT2D eigenvalue weighted by atomic mass is 10.0. The number of aromatic nitrogens is 1. The summed E-state index contributed by atoms with van der Waals surface area (Å²) in [6.45, 7) is 0. The molecule has 7 heteroatoms. The van der Waals surface area contributed by atoms with E-state index in [-0.39, 0.29) is 35.2 Å². The van der Waals surface area contributed by atoms with Crippen molar-refractivity contribution in [1.82, 2.24) is 4.98 Å². The lowest BCUT2D eigenvalue weighted by Crippen LogP contribution is -2.04. The molecule has 0 fully saturated rings. The summed E-state index contributed by atoms with van der Waals surface area (Å²) in [6.07, 6.45) is -0.305. The Morgan fingerprint density at radius 2 is 1.68 bits per heavy atom. The summed E-state index contributed by atoms with van der Waals surface area (Å²) in [5.41, 5.74) is 0.635. The number of hydrogen-bond acceptors (Lipinski definition) is 2. The molecule has 0 aliphatic rings. The van der Waals surface area contributed by atoms with Crippen molar-refractivity contribution in [3.05, 3.63) is 59.3 Å². The molecule has 0 aliphatic heterocycles. The van der Waals surface area contributed by atoms with Crippen molar-refractivity contribution in [1.29, 1.82) is 0 Å². The van der Waals surface area contributed by atoms with Gasteiger partial charge in [-0.2, -0.15) is 0 Å². The molecule has 0 saturated carbocycles. The molecular weight excluding hydrogens is 332 g/mol. The summed E-state index contributed by atoms with van der Waals surface area (Å²) in [6, 6.07) is 8.26. The van der Waals surface area contributed by atoms with Crippen LogP contribution in [-0.4, -0.2) is 27.1 Å². The zero-order valence-corrected chi connectivity index (χ0v) is 12.8. The number of aromatic carboxylic acids is 1. The van der Waals surface area contributed by atoms with Crippen LogP contribution in [0.25, 0.3) is 22.0 Å². The van der Waals surface area contributed by atoms with E-state index in [9.17, 15) is 23.5 Å². The molecular formula is C18H13F2NO4. The zero-order chi connectivity index (χ0) is 18.1. The van der Waals surface area contributed by atoms with E-state index in [1.54, 1.807) is 0 Å². The van der Waals surface area contributed by atoms with Gasteiger partial charge in [-0.05, 0) is 29.7 Å². The maximum Gasteiger partial charge on any atom is 0.352 e. The van der Waals surface area contributed by atoms with Gasteiger partial charge in [-0.25, -0.2) is 13.6 Å². The second-order valence-electron chi connectivity index (χ2n) is 5.53. The van der Waals surface area contributed by atoms with Crippen LogP contribution >= 0.6 is 0 Å². The van der Waals surface area contributed by atoms with Crippen molar-refractivity contribution < 1.29 is 28.6 Å². The van der Waals surface area contributed by atoms with Crippen LogP contribution in [0.2, 0.25) is 0 Å². The Hall–Kier alpha value is -3.22. The Kier molecular flexibility index (Phi) is 4.22. The minimum absolute atomic E-state index is 0.0142. The average Bonchev–Trinajstić information content (AvgIpc) is 2.94. The van der Waals surface area contributed by atoms with E-state index < -0.39 is 23.6 Å². The van der Waals surface area contributed by atoms with Crippen molar-refractivity contribution in [2.24, 2.45) is 0 Å². The van der Waals surface area contributed by atoms with E-state index in [1.165, 1.54) is 36.4 Å². The fourth-order valence-electron chi connectivity index (χ4n) is 2.81. The van der Waals surface area contributed by atoms with Gasteiger partial charge in [-0.1, -0.05) is 24.3 Å². The van der Waals surface area contributed by atoms with Crippen molar-refractivity contribution in [2.75, 3.05) is 0 Å². The molecule has 0 saturated heterocycles. The van der Waals surface area contributed by atoms with Gasteiger partial charge >= 0.3 is 11.9 Å². The molecule has 1 heterocycles. The van der Waals surface area contributed by atoms with Gasteiger partial charge in [0.1, 0.15) is 11.5 Å². The van der Waals surface area contributed by atoms with Gasteiger partial charge in [0.2, 0.25) is 0 Å². The van der Waals surface area contributed by atoms with Crippen LogP contribution in [0, 0.1) is 11.6 Å². The van der Waals surface area contributed by atoms with Crippen LogP contribution in [-0.2, 0) is 11.2 Å². The van der Waals surface area contributed by atoms with Gasteiger partial charge in [0.25, 0.3) is 0 Å². The number of benzene rings is 2. The van der Waals surface area contributed by atoms with Gasteiger partial charge in [0.05, 0.1) is 5.52 Å². The molecule has 3 aromatic rings. The first-order valence-electron chi connectivity index (χ1n) is 7.42. The van der Waals surface area contributed by atoms with Gasteiger partial charge < -0.3 is 15.2 Å². The van der Waals surface area contributed by atoms with Gasteiger partial charge in [-0.3, -0.25) is 4.79 Å². The van der Waals surface area contributed by atoms with E-state index in [4.69, 9.17) is 5.11 Å². The molecule has 0 aliphatic carbocycles. The molecule has 25 heavy (non-hydrogen) atoms. The number of hydrogen-bond donors (Lipinski definition) is 3. The molecule has 1 aromatic heterocycles. The number of halogens is 2. The van der Waals surface area contributed by atoms with Crippen LogP contribution < -0.4 is 0 Å². The van der Waals surface area contributed by atoms with Crippen LogP contribution in [0.15, 0.2) is 36.4 Å². The third-order valence-corrected chi connectivity index (χ3v) is 3.98. The Balaban J connectivity index is 2.17. The van der Waals surface area contributed by atoms with E-state index in [1.807, 2.05) is 0 Å². The van der Waals surface area contributed by atoms with Crippen LogP contribution in [0.5, 0.6) is 0 Å². The summed E-state index contributed by atoms with van der Waals surface area (Å²) >= 11 is 0. The molecule has 0 radical (unpaired) electrons. The lowest BCUT2D eigenvalue weighted by Gasteiger charge is -2.05. The predicted molar refractivity (Wildman–Crippen MR) is 86.6 cm³/mol. The molecule has 0 atom stereocenters. The summed E-state index contributed by atoms with van der Waals surface area (Å²) < 4.78 is 27.9. The first-order chi connectivity index (χ1) is 11.9. The number of aliphatic carboxylic acids is 1. The predicted octanol–water partition coefficient (Wildman–Crippen LogP) is 3.83. The van der Waals surface area contributed by atoms with Crippen LogP contribution in [0.1, 0.15) is 22.5 Å². The second-order valence-corrected chi connectivity index (χ2v) is 5.53. The van der Waals surface area contributed by atoms with Gasteiger partial charge in [0, 0.05) is 17.4 Å². The first-order valence-corrected chi connectivity index (χ1v) is 7.42. The number of fused-ring (bicyclic) bond motifs is 1. The third kappa shape index (κ3) is 3.08. The van der Waals surface area contributed by atoms with Gasteiger partial charge in [0.15, 0.2) is 5.82 Å². The Morgan fingerprint density at radius 3 is 2.28 bits per heavy atom. The SMILES string of the molecule is O=C(O)CCc1c(C(=O)O)[nH]c2c(F)c(-c3ccc(F)cc3)ccc12. The van der Waals surface area contributed by atoms with Crippen molar-refractivity contribution in [2.45, 2.75) is 12.8 Å². The maximum absolute atomic E-state index is 14.9. The number of H-pyrrole nitrogens is 1. The summed E-state index contributed by atoms with van der Waals surface area (Å²) in [5.74, 6) is -3.49. The minimum atomic E-state index is -1.29. The molecule has 2 aromatic carbocycles. The van der Waals surface area contributed by atoms with Crippen LogP contribution in [0.3, 0.4) is 0 Å². The van der Waals surface area contributed by atoms with Gasteiger partial charge in [-0.15, -0.1) is 0 Å². The quantitative estimate of drug-likeness (QED) is 0.655. The highest BCUT2D eigenvalue weighted by molar-refractivity contribution is 5.99. The fraction of sp³-hybridized carbons (Fsp3) is 0.111. The monoisotopic (exact) mass is 345 g/mol. The number of aromatic amines is 1. The highest BCUT2D eigenvalue weighted by atomic mass is 19.1. The largest absolute Gasteiger partial charge is 0.481 e. The fourth-order valence-corrected chi connectivity index (χ4v) is 2.81. The average molecular weight is 345 g/mol. The zero-order valence-electron chi connectivity index (χ0n) is 12.8. The molecule has 128 valence electrons. The summed E-state index contributed by atoms with van der Waals surface area (Å²) in [5, 5.41) is 18.4. The van der Waals surface area contributed by atoms with Crippen molar-refractivity contribution in [3.63, 3.8) is 0 Å². The molecule has 0 unspecified atom stereocenters. The van der Waals surface area contributed by atoms with E-state index in [0.717, 1.165) is 0 Å². The number of aryl methyl sites for hydroxylation is 1. The Bertz CT molecular complexity index is 977. The summed E-state index contributed by atoms with van der Waals surface area (Å²) in [4.78, 5) is 24.7. The minimum Gasteiger partial charge on any atom is -0.481 e. The number of carboxylic acids is 2. The first kappa shape index (κ1) is 16.6. The van der Waals surface area contributed by atoms with Crippen molar-refractivity contribution >= 4 is 22.8 Å². The molecule has 0 spiro atoms. The molecule has 0 amide bonds. The Labute approximate surface area is 140 Å². The molecule has 0 bridgehead atoms. The number of rotatable bonds is 5. The topological polar surface area (TPSA) is 90.4 Å². The highest BCUT2D eigenvalue weighted by Crippen LogP contribution is 2.32. The Morgan fingerprint density at radius 1 is 1.00 bits per heavy atom. The number of carbonyl (C=O) groups is 2. The molecule has 5 nitrogen and oxygen atoms in total. The van der Waals surface area contributed by atoms with E-state index >= 15 is 0 Å². The lowest BCUT2D eigenvalue weighted by molar-refractivity contribution is -0.136. The third-order valence-electron chi connectivity index (χ3n) is 3.98.